The summed E-state index contributed by atoms with van der Waals surface area (Å²) in [4.78, 5) is 0. The lowest BCUT2D eigenvalue weighted by molar-refractivity contribution is 0.0552. The molecule has 100 valence electrons. The summed E-state index contributed by atoms with van der Waals surface area (Å²) in [6.45, 7) is 3.53. The number of rotatable bonds is 7. The largest absolute Gasteiger partial charge is 0.396 e. The van der Waals surface area contributed by atoms with Crippen LogP contribution in [0, 0.1) is 5.41 Å². The summed E-state index contributed by atoms with van der Waals surface area (Å²) in [5.41, 5.74) is 0.391. The summed E-state index contributed by atoms with van der Waals surface area (Å²) in [7, 11) is 0. The Morgan fingerprint density at radius 2 is 1.94 bits per heavy atom. The van der Waals surface area contributed by atoms with Crippen molar-refractivity contribution in [2.24, 2.45) is 5.41 Å². The molecule has 0 spiro atoms. The average molecular weight is 249 g/mol. The van der Waals surface area contributed by atoms with Gasteiger partial charge in [0.15, 0.2) is 0 Å². The van der Waals surface area contributed by atoms with Crippen LogP contribution >= 0.6 is 0 Å². The molecule has 1 fully saturated rings. The minimum Gasteiger partial charge on any atom is -0.396 e. The second-order valence-electron chi connectivity index (χ2n) is 5.72. The number of aliphatic hydroxyl groups excluding tert-OH is 1. The highest BCUT2D eigenvalue weighted by molar-refractivity contribution is 5.21. The molecule has 0 aliphatic heterocycles. The van der Waals surface area contributed by atoms with Gasteiger partial charge in [-0.25, -0.2) is 0 Å². The van der Waals surface area contributed by atoms with Gasteiger partial charge in [0.05, 0.1) is 5.60 Å². The predicted octanol–water partition coefficient (Wildman–Crippen LogP) is 1.65. The molecule has 0 heterocycles. The number of aliphatic hydroxyl groups is 2. The van der Waals surface area contributed by atoms with E-state index in [0.717, 1.165) is 18.5 Å². The van der Waals surface area contributed by atoms with Gasteiger partial charge in [-0.05, 0) is 37.2 Å². The molecular formula is C15H23NO2. The number of nitrogens with one attached hydrogen (secondary N) is 1. The maximum absolute atomic E-state index is 10.4. The summed E-state index contributed by atoms with van der Waals surface area (Å²) in [5.74, 6) is 0. The highest BCUT2D eigenvalue weighted by atomic mass is 16.3. The van der Waals surface area contributed by atoms with Crippen molar-refractivity contribution in [2.45, 2.75) is 31.8 Å². The fourth-order valence-corrected chi connectivity index (χ4v) is 2.40. The second-order valence-corrected chi connectivity index (χ2v) is 5.72. The SMILES string of the molecule is CC(O)(CNCC1(CCO)CC1)c1ccccc1. The van der Waals surface area contributed by atoms with Crippen molar-refractivity contribution < 1.29 is 10.2 Å². The minimum atomic E-state index is -0.837. The van der Waals surface area contributed by atoms with Gasteiger partial charge >= 0.3 is 0 Å². The van der Waals surface area contributed by atoms with Gasteiger partial charge in [0, 0.05) is 19.7 Å². The molecule has 1 atom stereocenters. The van der Waals surface area contributed by atoms with Gasteiger partial charge in [-0.2, -0.15) is 0 Å². The maximum Gasteiger partial charge on any atom is 0.0992 e. The van der Waals surface area contributed by atoms with Crippen LogP contribution in [0.1, 0.15) is 31.7 Å². The molecular weight excluding hydrogens is 226 g/mol. The van der Waals surface area contributed by atoms with Gasteiger partial charge in [0.1, 0.15) is 0 Å². The molecule has 2 rings (SSSR count). The van der Waals surface area contributed by atoms with Crippen LogP contribution in [0.15, 0.2) is 30.3 Å². The topological polar surface area (TPSA) is 52.5 Å². The molecule has 1 saturated carbocycles. The normalized spacial score (nSPS) is 20.4. The highest BCUT2D eigenvalue weighted by Crippen LogP contribution is 2.47. The zero-order chi connectivity index (χ0) is 13.1. The van der Waals surface area contributed by atoms with Crippen molar-refractivity contribution in [3.63, 3.8) is 0 Å². The Labute approximate surface area is 109 Å². The lowest BCUT2D eigenvalue weighted by Gasteiger charge is -2.26. The molecule has 3 nitrogen and oxygen atoms in total. The molecule has 1 unspecified atom stereocenters. The van der Waals surface area contributed by atoms with Crippen LogP contribution in [-0.2, 0) is 5.60 Å². The van der Waals surface area contributed by atoms with E-state index in [1.807, 2.05) is 37.3 Å². The molecule has 1 aromatic rings. The van der Waals surface area contributed by atoms with E-state index in [9.17, 15) is 5.11 Å². The van der Waals surface area contributed by atoms with E-state index in [-0.39, 0.29) is 6.61 Å². The molecule has 1 aromatic carbocycles. The van der Waals surface area contributed by atoms with E-state index in [1.54, 1.807) is 0 Å². The number of hydrogen-bond donors (Lipinski definition) is 3. The second kappa shape index (κ2) is 5.39. The first-order valence-electron chi connectivity index (χ1n) is 6.68. The van der Waals surface area contributed by atoms with E-state index in [0.29, 0.717) is 12.0 Å². The van der Waals surface area contributed by atoms with E-state index in [4.69, 9.17) is 5.11 Å². The molecule has 3 N–H and O–H groups in total. The zero-order valence-corrected chi connectivity index (χ0v) is 11.0. The van der Waals surface area contributed by atoms with Gasteiger partial charge in [0.2, 0.25) is 0 Å². The first-order chi connectivity index (χ1) is 8.58. The minimum absolute atomic E-state index is 0.261. The van der Waals surface area contributed by atoms with Crippen molar-refractivity contribution in [3.05, 3.63) is 35.9 Å². The summed E-state index contributed by atoms with van der Waals surface area (Å²) >= 11 is 0. The Morgan fingerprint density at radius 3 is 2.50 bits per heavy atom. The van der Waals surface area contributed by atoms with E-state index in [1.165, 1.54) is 12.8 Å². The molecule has 0 radical (unpaired) electrons. The van der Waals surface area contributed by atoms with Crippen LogP contribution in [0.4, 0.5) is 0 Å². The van der Waals surface area contributed by atoms with Crippen LogP contribution in [0.3, 0.4) is 0 Å². The average Bonchev–Trinajstić information content (AvgIpc) is 3.11. The molecule has 0 amide bonds. The Hall–Kier alpha value is -0.900. The Morgan fingerprint density at radius 1 is 1.28 bits per heavy atom. The van der Waals surface area contributed by atoms with Crippen LogP contribution < -0.4 is 5.32 Å². The fraction of sp³-hybridized carbons (Fsp3) is 0.600. The third kappa shape index (κ3) is 3.31. The smallest absolute Gasteiger partial charge is 0.0992 e. The van der Waals surface area contributed by atoms with Gasteiger partial charge in [-0.1, -0.05) is 30.3 Å². The summed E-state index contributed by atoms with van der Waals surface area (Å²) in [5, 5.41) is 22.8. The van der Waals surface area contributed by atoms with Crippen molar-refractivity contribution in [1.82, 2.24) is 5.32 Å². The molecule has 18 heavy (non-hydrogen) atoms. The maximum atomic E-state index is 10.4. The van der Waals surface area contributed by atoms with Gasteiger partial charge in [0.25, 0.3) is 0 Å². The van der Waals surface area contributed by atoms with Crippen LogP contribution in [0.5, 0.6) is 0 Å². The molecule has 1 aliphatic rings. The van der Waals surface area contributed by atoms with E-state index >= 15 is 0 Å². The highest BCUT2D eigenvalue weighted by Gasteiger charge is 2.41. The summed E-state index contributed by atoms with van der Waals surface area (Å²) in [6, 6.07) is 9.73. The lowest BCUT2D eigenvalue weighted by atomic mass is 9.95. The first kappa shape index (κ1) is 13.5. The molecule has 1 aliphatic carbocycles. The van der Waals surface area contributed by atoms with Gasteiger partial charge in [-0.3, -0.25) is 0 Å². The van der Waals surface area contributed by atoms with Gasteiger partial charge < -0.3 is 15.5 Å². The number of hydrogen-bond acceptors (Lipinski definition) is 3. The van der Waals surface area contributed by atoms with E-state index < -0.39 is 5.60 Å². The Balaban J connectivity index is 1.83. The molecule has 3 heteroatoms. The lowest BCUT2D eigenvalue weighted by Crippen LogP contribution is -2.38. The summed E-state index contributed by atoms with van der Waals surface area (Å²) in [6.07, 6.45) is 3.25. The van der Waals surface area contributed by atoms with Crippen molar-refractivity contribution in [2.75, 3.05) is 19.7 Å². The monoisotopic (exact) mass is 249 g/mol. The van der Waals surface area contributed by atoms with E-state index in [2.05, 4.69) is 5.32 Å². The summed E-state index contributed by atoms with van der Waals surface area (Å²) < 4.78 is 0. The molecule has 0 bridgehead atoms. The van der Waals surface area contributed by atoms with Crippen LogP contribution in [-0.4, -0.2) is 29.9 Å². The third-order valence-corrected chi connectivity index (χ3v) is 3.96. The van der Waals surface area contributed by atoms with Crippen molar-refractivity contribution >= 4 is 0 Å². The van der Waals surface area contributed by atoms with Crippen LogP contribution in [0.25, 0.3) is 0 Å². The van der Waals surface area contributed by atoms with Crippen molar-refractivity contribution in [3.8, 4) is 0 Å². The number of benzene rings is 1. The molecule has 0 saturated heterocycles. The third-order valence-electron chi connectivity index (χ3n) is 3.96. The molecule has 0 aromatic heterocycles. The predicted molar refractivity (Wildman–Crippen MR) is 72.3 cm³/mol. The Kier molecular flexibility index (Phi) is 4.05. The van der Waals surface area contributed by atoms with Gasteiger partial charge in [-0.15, -0.1) is 0 Å². The standard InChI is InChI=1S/C15H23NO2/c1-14(18,13-5-3-2-4-6-13)11-16-12-15(7-8-15)9-10-17/h2-6,16-18H,7-12H2,1H3. The Bertz CT molecular complexity index is 371. The van der Waals surface area contributed by atoms with Crippen LogP contribution in [0.2, 0.25) is 0 Å². The fourth-order valence-electron chi connectivity index (χ4n) is 2.40. The quantitative estimate of drug-likeness (QED) is 0.688. The van der Waals surface area contributed by atoms with Crippen molar-refractivity contribution in [1.29, 1.82) is 0 Å². The zero-order valence-electron chi connectivity index (χ0n) is 11.0. The first-order valence-corrected chi connectivity index (χ1v) is 6.68.